The average molecular weight is 366 g/mol. The van der Waals surface area contributed by atoms with Crippen LogP contribution in [0.3, 0.4) is 0 Å². The van der Waals surface area contributed by atoms with Gasteiger partial charge in [-0.05, 0) is 54.8 Å². The average Bonchev–Trinajstić information content (AvgIpc) is 2.84. The van der Waals surface area contributed by atoms with E-state index in [2.05, 4.69) is 5.32 Å². The first kappa shape index (κ1) is 18.5. The third kappa shape index (κ3) is 3.38. The van der Waals surface area contributed by atoms with E-state index in [1.54, 1.807) is 25.3 Å². The summed E-state index contributed by atoms with van der Waals surface area (Å²) in [5.74, 6) is 0.307. The van der Waals surface area contributed by atoms with Gasteiger partial charge >= 0.3 is 0 Å². The van der Waals surface area contributed by atoms with Gasteiger partial charge in [0.25, 0.3) is 11.8 Å². The van der Waals surface area contributed by atoms with E-state index in [-0.39, 0.29) is 17.5 Å². The molecular formula is C21H22N2O4. The number of hydrogen-bond donors (Lipinski definition) is 1. The van der Waals surface area contributed by atoms with Gasteiger partial charge in [0.2, 0.25) is 0 Å². The summed E-state index contributed by atoms with van der Waals surface area (Å²) in [4.78, 5) is 26.5. The molecule has 0 unspecified atom stereocenters. The van der Waals surface area contributed by atoms with E-state index in [1.165, 1.54) is 14.2 Å². The molecule has 140 valence electrons. The number of nitrogens with zero attached hydrogens (tertiary/aromatic N) is 1. The third-order valence-electron chi connectivity index (χ3n) is 4.45. The lowest BCUT2D eigenvalue weighted by Gasteiger charge is -2.12. The molecule has 1 heterocycles. The van der Waals surface area contributed by atoms with Gasteiger partial charge in [-0.15, -0.1) is 0 Å². The lowest BCUT2D eigenvalue weighted by Crippen LogP contribution is -2.27. The van der Waals surface area contributed by atoms with E-state index in [9.17, 15) is 9.59 Å². The van der Waals surface area contributed by atoms with Crippen LogP contribution >= 0.6 is 0 Å². The molecule has 0 spiro atoms. The maximum absolute atomic E-state index is 12.7. The number of aryl methyl sites for hydroxylation is 2. The van der Waals surface area contributed by atoms with Gasteiger partial charge in [0.05, 0.1) is 19.8 Å². The number of carbonyl (C=O) groups is 2. The zero-order valence-electron chi connectivity index (χ0n) is 16.0. The second-order valence-corrected chi connectivity index (χ2v) is 6.49. The van der Waals surface area contributed by atoms with Crippen LogP contribution in [0.1, 0.15) is 16.7 Å². The van der Waals surface area contributed by atoms with E-state index in [0.717, 1.165) is 21.7 Å². The molecule has 2 amide bonds. The van der Waals surface area contributed by atoms with Gasteiger partial charge in [-0.3, -0.25) is 14.5 Å². The Balaban J connectivity index is 2.12. The van der Waals surface area contributed by atoms with Crippen molar-refractivity contribution in [2.45, 2.75) is 13.8 Å². The zero-order valence-corrected chi connectivity index (χ0v) is 16.0. The van der Waals surface area contributed by atoms with E-state index < -0.39 is 0 Å². The van der Waals surface area contributed by atoms with Gasteiger partial charge in [-0.2, -0.15) is 0 Å². The quantitative estimate of drug-likeness (QED) is 0.824. The van der Waals surface area contributed by atoms with Gasteiger partial charge in [-0.1, -0.05) is 12.1 Å². The Labute approximate surface area is 158 Å². The van der Waals surface area contributed by atoms with Crippen molar-refractivity contribution in [2.24, 2.45) is 0 Å². The summed E-state index contributed by atoms with van der Waals surface area (Å²) in [5, 5.41) is 3.14. The highest BCUT2D eigenvalue weighted by molar-refractivity contribution is 6.36. The number of anilines is 1. The second-order valence-electron chi connectivity index (χ2n) is 6.49. The minimum absolute atomic E-state index is 0.250. The van der Waals surface area contributed by atoms with Crippen molar-refractivity contribution in [3.8, 4) is 11.5 Å². The molecule has 0 radical (unpaired) electrons. The van der Waals surface area contributed by atoms with Crippen LogP contribution in [0.15, 0.2) is 42.1 Å². The fourth-order valence-corrected chi connectivity index (χ4v) is 3.21. The number of ether oxygens (including phenoxy) is 2. The number of hydrogen-bond acceptors (Lipinski definition) is 5. The molecule has 2 aromatic carbocycles. The Bertz CT molecular complexity index is 942. The van der Waals surface area contributed by atoms with Crippen LogP contribution in [0, 0.1) is 13.8 Å². The summed E-state index contributed by atoms with van der Waals surface area (Å²) in [7, 11) is 4.54. The number of rotatable bonds is 5. The van der Waals surface area contributed by atoms with Crippen LogP contribution in [0.4, 0.5) is 5.69 Å². The number of imide groups is 1. The Hall–Kier alpha value is -3.28. The Morgan fingerprint density at radius 3 is 2.07 bits per heavy atom. The summed E-state index contributed by atoms with van der Waals surface area (Å²) >= 11 is 0. The molecule has 6 nitrogen and oxygen atoms in total. The molecule has 27 heavy (non-hydrogen) atoms. The Morgan fingerprint density at radius 1 is 0.852 bits per heavy atom. The predicted molar refractivity (Wildman–Crippen MR) is 104 cm³/mol. The van der Waals surface area contributed by atoms with Crippen molar-refractivity contribution >= 4 is 23.1 Å². The molecule has 0 aromatic heterocycles. The lowest BCUT2D eigenvalue weighted by molar-refractivity contribution is -0.135. The standard InChI is InChI=1S/C21H22N2O4/c1-12-8-13(2)10-15(9-12)22-19-18(20(24)23(3)21(19)25)14-6-7-16(26-4)17(11-14)27-5/h6-11,22H,1-5H3. The van der Waals surface area contributed by atoms with Gasteiger partial charge in [-0.25, -0.2) is 0 Å². The maximum atomic E-state index is 12.7. The molecule has 1 N–H and O–H groups in total. The number of benzene rings is 2. The number of carbonyl (C=O) groups excluding carboxylic acids is 2. The van der Waals surface area contributed by atoms with Crippen molar-refractivity contribution in [1.29, 1.82) is 0 Å². The summed E-state index contributed by atoms with van der Waals surface area (Å²) in [6.07, 6.45) is 0. The minimum Gasteiger partial charge on any atom is -0.493 e. The van der Waals surface area contributed by atoms with E-state index >= 15 is 0 Å². The first-order valence-corrected chi connectivity index (χ1v) is 8.50. The fraction of sp³-hybridized carbons (Fsp3) is 0.238. The molecule has 1 aliphatic rings. The van der Waals surface area contributed by atoms with E-state index in [0.29, 0.717) is 22.6 Å². The summed E-state index contributed by atoms with van der Waals surface area (Å²) in [6, 6.07) is 11.1. The van der Waals surface area contributed by atoms with Crippen LogP contribution in [0.2, 0.25) is 0 Å². The highest BCUT2D eigenvalue weighted by atomic mass is 16.5. The van der Waals surface area contributed by atoms with Crippen molar-refractivity contribution < 1.29 is 19.1 Å². The topological polar surface area (TPSA) is 67.9 Å². The molecule has 6 heteroatoms. The summed E-state index contributed by atoms with van der Waals surface area (Å²) < 4.78 is 10.6. The molecule has 0 atom stereocenters. The minimum atomic E-state index is -0.371. The smallest absolute Gasteiger partial charge is 0.277 e. The lowest BCUT2D eigenvalue weighted by atomic mass is 10.0. The van der Waals surface area contributed by atoms with Crippen LogP contribution in [0.5, 0.6) is 11.5 Å². The summed E-state index contributed by atoms with van der Waals surface area (Å²) in [6.45, 7) is 3.96. The van der Waals surface area contributed by atoms with Crippen LogP contribution in [-0.2, 0) is 9.59 Å². The molecule has 0 aliphatic carbocycles. The first-order chi connectivity index (χ1) is 12.8. The normalized spacial score (nSPS) is 14.0. The van der Waals surface area contributed by atoms with Gasteiger partial charge in [0.1, 0.15) is 5.70 Å². The van der Waals surface area contributed by atoms with Crippen LogP contribution in [0.25, 0.3) is 5.57 Å². The second kappa shape index (κ2) is 7.15. The zero-order chi connectivity index (χ0) is 19.7. The first-order valence-electron chi connectivity index (χ1n) is 8.50. The molecule has 1 aliphatic heterocycles. The van der Waals surface area contributed by atoms with Gasteiger partial charge in [0.15, 0.2) is 11.5 Å². The molecular weight excluding hydrogens is 344 g/mol. The fourth-order valence-electron chi connectivity index (χ4n) is 3.21. The molecule has 0 saturated carbocycles. The number of likely N-dealkylation sites (N-methyl/N-ethyl adjacent to an activating group) is 1. The molecule has 0 saturated heterocycles. The highest BCUT2D eigenvalue weighted by Gasteiger charge is 2.37. The Morgan fingerprint density at radius 2 is 1.48 bits per heavy atom. The van der Waals surface area contributed by atoms with E-state index in [4.69, 9.17) is 9.47 Å². The van der Waals surface area contributed by atoms with E-state index in [1.807, 2.05) is 32.0 Å². The van der Waals surface area contributed by atoms with Gasteiger partial charge < -0.3 is 14.8 Å². The van der Waals surface area contributed by atoms with Crippen LogP contribution in [-0.4, -0.2) is 38.0 Å². The molecule has 2 aromatic rings. The molecule has 0 fully saturated rings. The van der Waals surface area contributed by atoms with Crippen molar-refractivity contribution in [1.82, 2.24) is 4.90 Å². The molecule has 3 rings (SSSR count). The van der Waals surface area contributed by atoms with Crippen molar-refractivity contribution in [2.75, 3.05) is 26.6 Å². The monoisotopic (exact) mass is 366 g/mol. The van der Waals surface area contributed by atoms with Gasteiger partial charge in [0, 0.05) is 12.7 Å². The third-order valence-corrected chi connectivity index (χ3v) is 4.45. The summed E-state index contributed by atoms with van der Waals surface area (Å²) in [5.41, 5.74) is 4.04. The number of methoxy groups -OCH3 is 2. The number of nitrogens with one attached hydrogen (secondary N) is 1. The predicted octanol–water partition coefficient (Wildman–Crippen LogP) is 3.14. The van der Waals surface area contributed by atoms with Crippen LogP contribution < -0.4 is 14.8 Å². The SMILES string of the molecule is COc1ccc(C2=C(Nc3cc(C)cc(C)c3)C(=O)N(C)C2=O)cc1OC. The Kier molecular flexibility index (Phi) is 4.90. The maximum Gasteiger partial charge on any atom is 0.277 e. The highest BCUT2D eigenvalue weighted by Crippen LogP contribution is 2.35. The van der Waals surface area contributed by atoms with Crippen molar-refractivity contribution in [3.05, 3.63) is 58.8 Å². The largest absolute Gasteiger partial charge is 0.493 e. The van der Waals surface area contributed by atoms with Crippen molar-refractivity contribution in [3.63, 3.8) is 0 Å². The molecule has 0 bridgehead atoms. The number of amides is 2.